The van der Waals surface area contributed by atoms with Crippen LogP contribution in [0.2, 0.25) is 0 Å². The Bertz CT molecular complexity index is 1450. The van der Waals surface area contributed by atoms with Gasteiger partial charge in [-0.3, -0.25) is 13.8 Å². The van der Waals surface area contributed by atoms with Crippen LogP contribution in [0.15, 0.2) is 63.0 Å². The molecule has 0 bridgehead atoms. The van der Waals surface area contributed by atoms with Gasteiger partial charge in [0.25, 0.3) is 5.56 Å². The van der Waals surface area contributed by atoms with Crippen LogP contribution in [-0.2, 0) is 12.3 Å². The zero-order chi connectivity index (χ0) is 22.1. The molecule has 9 heteroatoms. The zero-order valence-corrected chi connectivity index (χ0v) is 18.7. The van der Waals surface area contributed by atoms with Crippen LogP contribution in [0.1, 0.15) is 31.2 Å². The lowest BCUT2D eigenvalue weighted by Crippen LogP contribution is -2.23. The summed E-state index contributed by atoms with van der Waals surface area (Å²) in [6.07, 6.45) is 1.88. The Morgan fingerprint density at radius 1 is 1.06 bits per heavy atom. The largest absolute Gasteiger partial charge is 0.338 e. The Morgan fingerprint density at radius 2 is 1.88 bits per heavy atom. The van der Waals surface area contributed by atoms with E-state index < -0.39 is 0 Å². The van der Waals surface area contributed by atoms with Gasteiger partial charge in [0, 0.05) is 12.1 Å². The van der Waals surface area contributed by atoms with E-state index in [1.54, 1.807) is 4.57 Å². The number of aryl methyl sites for hydroxylation is 2. The molecule has 0 spiro atoms. The first kappa shape index (κ1) is 20.4. The molecule has 0 saturated carbocycles. The van der Waals surface area contributed by atoms with Gasteiger partial charge in [0.1, 0.15) is 0 Å². The quantitative estimate of drug-likeness (QED) is 0.340. The van der Waals surface area contributed by atoms with Gasteiger partial charge in [-0.25, -0.2) is 0 Å². The average Bonchev–Trinajstić information content (AvgIpc) is 3.46. The maximum Gasteiger partial charge on any atom is 0.262 e. The number of hydrogen-bond acceptors (Lipinski definition) is 7. The molecule has 8 nitrogen and oxygen atoms in total. The van der Waals surface area contributed by atoms with Gasteiger partial charge in [0.2, 0.25) is 17.5 Å². The summed E-state index contributed by atoms with van der Waals surface area (Å²) in [4.78, 5) is 17.6. The number of para-hydroxylation sites is 1. The molecular weight excluding hydrogens is 424 g/mol. The van der Waals surface area contributed by atoms with E-state index >= 15 is 0 Å². The molecule has 3 heterocycles. The summed E-state index contributed by atoms with van der Waals surface area (Å²) in [7, 11) is 0. The molecule has 0 fully saturated rings. The van der Waals surface area contributed by atoms with Crippen molar-refractivity contribution in [2.75, 3.05) is 0 Å². The van der Waals surface area contributed by atoms with Crippen LogP contribution < -0.4 is 5.56 Å². The van der Waals surface area contributed by atoms with Crippen molar-refractivity contribution >= 4 is 28.4 Å². The SMILES string of the molecule is CCCCn1c(=O)c2ccccc2n2c(SCc3nc(-c4ccc(C)cc4)no3)nnc12. The smallest absolute Gasteiger partial charge is 0.262 e. The van der Waals surface area contributed by atoms with Gasteiger partial charge in [0.15, 0.2) is 5.16 Å². The lowest BCUT2D eigenvalue weighted by Gasteiger charge is -2.10. The molecule has 0 unspecified atom stereocenters. The highest BCUT2D eigenvalue weighted by molar-refractivity contribution is 7.98. The molecule has 0 aliphatic rings. The standard InChI is InChI=1S/C23H22N6O2S/c1-3-4-13-28-21(30)17-7-5-6-8-18(17)29-22(28)25-26-23(29)32-14-19-24-20(27-31-19)16-11-9-15(2)10-12-16/h5-12H,3-4,13-14H2,1-2H3. The molecule has 0 radical (unpaired) electrons. The van der Waals surface area contributed by atoms with Crippen molar-refractivity contribution in [1.29, 1.82) is 0 Å². The van der Waals surface area contributed by atoms with Gasteiger partial charge in [0.05, 0.1) is 16.7 Å². The number of thioether (sulfide) groups is 1. The fourth-order valence-corrected chi connectivity index (χ4v) is 4.38. The van der Waals surface area contributed by atoms with Crippen LogP contribution in [-0.4, -0.2) is 29.3 Å². The van der Waals surface area contributed by atoms with E-state index in [1.165, 1.54) is 17.3 Å². The fraction of sp³-hybridized carbons (Fsp3) is 0.261. The molecule has 5 rings (SSSR count). The summed E-state index contributed by atoms with van der Waals surface area (Å²) in [6.45, 7) is 4.75. The van der Waals surface area contributed by atoms with Gasteiger partial charge < -0.3 is 4.52 Å². The van der Waals surface area contributed by atoms with Crippen molar-refractivity contribution in [2.45, 2.75) is 44.1 Å². The molecule has 0 aliphatic heterocycles. The lowest BCUT2D eigenvalue weighted by atomic mass is 10.1. The maximum atomic E-state index is 13.0. The molecule has 0 aliphatic carbocycles. The highest BCUT2D eigenvalue weighted by Crippen LogP contribution is 2.25. The van der Waals surface area contributed by atoms with Crippen LogP contribution in [0, 0.1) is 6.92 Å². The second-order valence-electron chi connectivity index (χ2n) is 7.61. The van der Waals surface area contributed by atoms with Gasteiger partial charge >= 0.3 is 0 Å². The third kappa shape index (κ3) is 3.69. The molecular formula is C23H22N6O2S. The van der Waals surface area contributed by atoms with E-state index in [2.05, 4.69) is 27.3 Å². The Labute approximate surface area is 188 Å². The summed E-state index contributed by atoms with van der Waals surface area (Å²) in [6, 6.07) is 15.6. The number of nitrogens with zero attached hydrogens (tertiary/aromatic N) is 6. The van der Waals surface area contributed by atoms with Crippen molar-refractivity contribution in [3.05, 3.63) is 70.3 Å². The first-order valence-corrected chi connectivity index (χ1v) is 11.5. The minimum absolute atomic E-state index is 0.0369. The fourth-order valence-electron chi connectivity index (χ4n) is 3.60. The van der Waals surface area contributed by atoms with Crippen LogP contribution >= 0.6 is 11.8 Å². The minimum Gasteiger partial charge on any atom is -0.338 e. The van der Waals surface area contributed by atoms with E-state index in [0.717, 1.165) is 23.9 Å². The van der Waals surface area contributed by atoms with Crippen molar-refractivity contribution in [1.82, 2.24) is 29.3 Å². The maximum absolute atomic E-state index is 13.0. The number of benzene rings is 2. The Hall–Kier alpha value is -3.46. The molecule has 3 aromatic heterocycles. The summed E-state index contributed by atoms with van der Waals surface area (Å²) in [5, 5.41) is 14.1. The zero-order valence-electron chi connectivity index (χ0n) is 17.9. The molecule has 32 heavy (non-hydrogen) atoms. The van der Waals surface area contributed by atoms with Crippen LogP contribution in [0.5, 0.6) is 0 Å². The first-order valence-electron chi connectivity index (χ1n) is 10.5. The van der Waals surface area contributed by atoms with E-state index in [-0.39, 0.29) is 5.56 Å². The van der Waals surface area contributed by atoms with Crippen LogP contribution in [0.4, 0.5) is 0 Å². The second-order valence-corrected chi connectivity index (χ2v) is 8.55. The van der Waals surface area contributed by atoms with Gasteiger partial charge in [-0.1, -0.05) is 72.2 Å². The third-order valence-corrected chi connectivity index (χ3v) is 6.23. The van der Waals surface area contributed by atoms with E-state index in [4.69, 9.17) is 4.52 Å². The molecule has 0 atom stereocenters. The lowest BCUT2D eigenvalue weighted by molar-refractivity contribution is 0.391. The number of rotatable bonds is 7. The van der Waals surface area contributed by atoms with E-state index in [0.29, 0.717) is 40.3 Å². The van der Waals surface area contributed by atoms with E-state index in [9.17, 15) is 4.79 Å². The Balaban J connectivity index is 1.48. The monoisotopic (exact) mass is 446 g/mol. The summed E-state index contributed by atoms with van der Waals surface area (Å²) in [5.41, 5.74) is 2.84. The Kier molecular flexibility index (Phi) is 5.48. The van der Waals surface area contributed by atoms with Crippen molar-refractivity contribution < 1.29 is 4.52 Å². The van der Waals surface area contributed by atoms with Crippen LogP contribution in [0.25, 0.3) is 28.1 Å². The molecule has 0 saturated heterocycles. The summed E-state index contributed by atoms with van der Waals surface area (Å²) in [5.74, 6) is 2.06. The van der Waals surface area contributed by atoms with E-state index in [1.807, 2.05) is 59.9 Å². The Morgan fingerprint density at radius 3 is 2.69 bits per heavy atom. The predicted molar refractivity (Wildman–Crippen MR) is 124 cm³/mol. The highest BCUT2D eigenvalue weighted by Gasteiger charge is 2.18. The molecule has 5 aromatic rings. The molecule has 0 amide bonds. The topological polar surface area (TPSA) is 91.1 Å². The van der Waals surface area contributed by atoms with Crippen LogP contribution in [0.3, 0.4) is 0 Å². The normalized spacial score (nSPS) is 11.6. The molecule has 0 N–H and O–H groups in total. The predicted octanol–water partition coefficient (Wildman–Crippen LogP) is 4.50. The number of hydrogen-bond donors (Lipinski definition) is 0. The number of unbranched alkanes of at least 4 members (excludes halogenated alkanes) is 1. The number of aromatic nitrogens is 6. The van der Waals surface area contributed by atoms with Crippen molar-refractivity contribution in [2.24, 2.45) is 0 Å². The van der Waals surface area contributed by atoms with Gasteiger partial charge in [-0.2, -0.15) is 4.98 Å². The van der Waals surface area contributed by atoms with Crippen molar-refractivity contribution in [3.8, 4) is 11.4 Å². The second kappa shape index (κ2) is 8.58. The number of fused-ring (bicyclic) bond motifs is 3. The molecule has 162 valence electrons. The molecule has 2 aromatic carbocycles. The van der Waals surface area contributed by atoms with Crippen molar-refractivity contribution in [3.63, 3.8) is 0 Å². The average molecular weight is 447 g/mol. The first-order chi connectivity index (χ1) is 15.7. The summed E-state index contributed by atoms with van der Waals surface area (Å²) < 4.78 is 9.10. The van der Waals surface area contributed by atoms with Gasteiger partial charge in [-0.05, 0) is 25.5 Å². The van der Waals surface area contributed by atoms with Gasteiger partial charge in [-0.15, -0.1) is 10.2 Å². The minimum atomic E-state index is -0.0369. The third-order valence-electron chi connectivity index (χ3n) is 5.32. The highest BCUT2D eigenvalue weighted by atomic mass is 32.2. The summed E-state index contributed by atoms with van der Waals surface area (Å²) >= 11 is 1.45.